The highest BCUT2D eigenvalue weighted by Gasteiger charge is 2.13. The topological polar surface area (TPSA) is 64.6 Å². The summed E-state index contributed by atoms with van der Waals surface area (Å²) in [5.74, 6) is -1.49. The van der Waals surface area contributed by atoms with Gasteiger partial charge in [0.25, 0.3) is 5.91 Å². The number of rotatable bonds is 5. The van der Waals surface area contributed by atoms with Crippen LogP contribution >= 0.6 is 11.6 Å². The Labute approximate surface area is 137 Å². The summed E-state index contributed by atoms with van der Waals surface area (Å²) in [5, 5.41) is 2.79. The Bertz CT molecular complexity index is 736. The molecule has 1 amide bonds. The van der Waals surface area contributed by atoms with Crippen LogP contribution in [0.4, 0.5) is 10.1 Å². The van der Waals surface area contributed by atoms with Gasteiger partial charge in [0, 0.05) is 16.8 Å². The summed E-state index contributed by atoms with van der Waals surface area (Å²) in [5.41, 5.74) is 0.218. The molecule has 2 aromatic carbocycles. The molecule has 0 aliphatic heterocycles. The largest absolute Gasteiger partial charge is 0.482 e. The molecule has 120 valence electrons. The SMILES string of the molecule is COC(=O)COc1cccc(NC(=O)c2cc(Cl)ccc2F)c1. The number of benzene rings is 2. The number of hydrogen-bond donors (Lipinski definition) is 1. The van der Waals surface area contributed by atoms with Gasteiger partial charge in [-0.2, -0.15) is 0 Å². The third-order valence-corrected chi connectivity index (χ3v) is 3.08. The lowest BCUT2D eigenvalue weighted by molar-refractivity contribution is -0.142. The first kappa shape index (κ1) is 16.8. The minimum atomic E-state index is -0.676. The van der Waals surface area contributed by atoms with Crippen LogP contribution in [0.2, 0.25) is 5.02 Å². The Morgan fingerprint density at radius 1 is 1.22 bits per heavy atom. The highest BCUT2D eigenvalue weighted by atomic mass is 35.5. The van der Waals surface area contributed by atoms with E-state index in [-0.39, 0.29) is 17.2 Å². The summed E-state index contributed by atoms with van der Waals surface area (Å²) in [6.45, 7) is -0.253. The van der Waals surface area contributed by atoms with Gasteiger partial charge in [0.15, 0.2) is 6.61 Å². The van der Waals surface area contributed by atoms with E-state index in [1.165, 1.54) is 25.3 Å². The average Bonchev–Trinajstić information content (AvgIpc) is 2.55. The monoisotopic (exact) mass is 337 g/mol. The molecule has 23 heavy (non-hydrogen) atoms. The normalized spacial score (nSPS) is 10.0. The third kappa shape index (κ3) is 4.69. The van der Waals surface area contributed by atoms with Gasteiger partial charge >= 0.3 is 5.97 Å². The fourth-order valence-electron chi connectivity index (χ4n) is 1.73. The average molecular weight is 338 g/mol. The number of esters is 1. The Kier molecular flexibility index (Phi) is 5.54. The zero-order valence-corrected chi connectivity index (χ0v) is 12.9. The lowest BCUT2D eigenvalue weighted by atomic mass is 10.2. The Morgan fingerprint density at radius 3 is 2.74 bits per heavy atom. The maximum Gasteiger partial charge on any atom is 0.343 e. The van der Waals surface area contributed by atoms with Crippen molar-refractivity contribution < 1.29 is 23.5 Å². The molecule has 0 aromatic heterocycles. The van der Waals surface area contributed by atoms with Gasteiger partial charge in [-0.3, -0.25) is 4.79 Å². The van der Waals surface area contributed by atoms with Crippen LogP contribution in [0.3, 0.4) is 0 Å². The number of halogens is 2. The van der Waals surface area contributed by atoms with Crippen LogP contribution in [0.5, 0.6) is 5.75 Å². The molecule has 0 radical (unpaired) electrons. The summed E-state index contributed by atoms with van der Waals surface area (Å²) in [6.07, 6.45) is 0. The van der Waals surface area contributed by atoms with Crippen LogP contribution in [0, 0.1) is 5.82 Å². The van der Waals surface area contributed by atoms with Gasteiger partial charge in [-0.25, -0.2) is 9.18 Å². The van der Waals surface area contributed by atoms with Crippen molar-refractivity contribution in [3.05, 3.63) is 58.9 Å². The Morgan fingerprint density at radius 2 is 2.00 bits per heavy atom. The number of amides is 1. The fourth-order valence-corrected chi connectivity index (χ4v) is 1.91. The van der Waals surface area contributed by atoms with Crippen LogP contribution in [0.1, 0.15) is 10.4 Å². The zero-order chi connectivity index (χ0) is 16.8. The van der Waals surface area contributed by atoms with Crippen molar-refractivity contribution in [1.29, 1.82) is 0 Å². The number of carbonyl (C=O) groups excluding carboxylic acids is 2. The standard InChI is InChI=1S/C16H13ClFNO4/c1-22-15(20)9-23-12-4-2-3-11(8-12)19-16(21)13-7-10(17)5-6-14(13)18/h2-8H,9H2,1H3,(H,19,21). The fraction of sp³-hybridized carbons (Fsp3) is 0.125. The first-order chi connectivity index (χ1) is 11.0. The van der Waals surface area contributed by atoms with Crippen molar-refractivity contribution >= 4 is 29.2 Å². The van der Waals surface area contributed by atoms with E-state index in [2.05, 4.69) is 10.1 Å². The second-order valence-electron chi connectivity index (χ2n) is 4.47. The van der Waals surface area contributed by atoms with Crippen molar-refractivity contribution in [2.75, 3.05) is 19.0 Å². The molecule has 0 saturated heterocycles. The summed E-state index contributed by atoms with van der Waals surface area (Å²) < 4.78 is 23.3. The van der Waals surface area contributed by atoms with Crippen LogP contribution in [0.15, 0.2) is 42.5 Å². The molecular weight excluding hydrogens is 325 g/mol. The quantitative estimate of drug-likeness (QED) is 0.850. The minimum Gasteiger partial charge on any atom is -0.482 e. The number of methoxy groups -OCH3 is 1. The van der Waals surface area contributed by atoms with Gasteiger partial charge in [0.05, 0.1) is 12.7 Å². The first-order valence-corrected chi connectivity index (χ1v) is 6.93. The summed E-state index contributed by atoms with van der Waals surface area (Å²) in [7, 11) is 1.25. The molecule has 5 nitrogen and oxygen atoms in total. The van der Waals surface area contributed by atoms with E-state index in [9.17, 15) is 14.0 Å². The van der Waals surface area contributed by atoms with E-state index >= 15 is 0 Å². The van der Waals surface area contributed by atoms with Gasteiger partial charge in [-0.05, 0) is 30.3 Å². The van der Waals surface area contributed by atoms with E-state index in [1.807, 2.05) is 0 Å². The maximum absolute atomic E-state index is 13.7. The number of anilines is 1. The number of hydrogen-bond acceptors (Lipinski definition) is 4. The molecule has 0 heterocycles. The highest BCUT2D eigenvalue weighted by molar-refractivity contribution is 6.31. The first-order valence-electron chi connectivity index (χ1n) is 6.55. The predicted octanol–water partition coefficient (Wildman–Crippen LogP) is 3.28. The molecule has 0 spiro atoms. The zero-order valence-electron chi connectivity index (χ0n) is 12.1. The molecule has 0 atom stereocenters. The molecule has 0 fully saturated rings. The van der Waals surface area contributed by atoms with Crippen molar-refractivity contribution in [1.82, 2.24) is 0 Å². The van der Waals surface area contributed by atoms with E-state index in [0.29, 0.717) is 11.4 Å². The van der Waals surface area contributed by atoms with E-state index in [1.54, 1.807) is 18.2 Å². The minimum absolute atomic E-state index is 0.168. The summed E-state index contributed by atoms with van der Waals surface area (Å²) >= 11 is 5.76. The molecular formula is C16H13ClFNO4. The molecule has 2 rings (SSSR count). The molecule has 2 aromatic rings. The molecule has 0 unspecified atom stereocenters. The highest BCUT2D eigenvalue weighted by Crippen LogP contribution is 2.20. The molecule has 0 saturated carbocycles. The van der Waals surface area contributed by atoms with E-state index in [0.717, 1.165) is 6.07 Å². The van der Waals surface area contributed by atoms with Crippen LogP contribution in [-0.4, -0.2) is 25.6 Å². The lowest BCUT2D eigenvalue weighted by Gasteiger charge is -2.09. The molecule has 7 heteroatoms. The summed E-state index contributed by atoms with van der Waals surface area (Å²) in [4.78, 5) is 23.1. The van der Waals surface area contributed by atoms with Gasteiger partial charge < -0.3 is 14.8 Å². The van der Waals surface area contributed by atoms with Gasteiger partial charge in [0.1, 0.15) is 11.6 Å². The van der Waals surface area contributed by atoms with E-state index in [4.69, 9.17) is 16.3 Å². The van der Waals surface area contributed by atoms with Gasteiger partial charge in [-0.15, -0.1) is 0 Å². The van der Waals surface area contributed by atoms with Crippen LogP contribution < -0.4 is 10.1 Å². The van der Waals surface area contributed by atoms with E-state index < -0.39 is 17.7 Å². The van der Waals surface area contributed by atoms with Gasteiger partial charge in [0.2, 0.25) is 0 Å². The lowest BCUT2D eigenvalue weighted by Crippen LogP contribution is -2.14. The van der Waals surface area contributed by atoms with Crippen molar-refractivity contribution in [2.24, 2.45) is 0 Å². The molecule has 0 aliphatic carbocycles. The van der Waals surface area contributed by atoms with Crippen molar-refractivity contribution in [2.45, 2.75) is 0 Å². The van der Waals surface area contributed by atoms with Gasteiger partial charge in [-0.1, -0.05) is 17.7 Å². The second-order valence-corrected chi connectivity index (χ2v) is 4.91. The van der Waals surface area contributed by atoms with Crippen molar-refractivity contribution in [3.8, 4) is 5.75 Å². The number of ether oxygens (including phenoxy) is 2. The Hall–Kier alpha value is -2.60. The van der Waals surface area contributed by atoms with Crippen LogP contribution in [0.25, 0.3) is 0 Å². The van der Waals surface area contributed by atoms with Crippen molar-refractivity contribution in [3.63, 3.8) is 0 Å². The smallest absolute Gasteiger partial charge is 0.343 e. The molecule has 1 N–H and O–H groups in total. The Balaban J connectivity index is 2.09. The second kappa shape index (κ2) is 7.60. The molecule has 0 aliphatic rings. The third-order valence-electron chi connectivity index (χ3n) is 2.85. The maximum atomic E-state index is 13.7. The number of nitrogens with one attached hydrogen (secondary N) is 1. The van der Waals surface area contributed by atoms with Crippen LogP contribution in [-0.2, 0) is 9.53 Å². The predicted molar refractivity (Wildman–Crippen MR) is 83.3 cm³/mol. The summed E-state index contributed by atoms with van der Waals surface area (Å²) in [6, 6.07) is 10.1. The molecule has 0 bridgehead atoms. The number of carbonyl (C=O) groups is 2.